The lowest BCUT2D eigenvalue weighted by atomic mass is 10.0. The first-order chi connectivity index (χ1) is 15.4. The van der Waals surface area contributed by atoms with Crippen molar-refractivity contribution in [2.75, 3.05) is 32.1 Å². The van der Waals surface area contributed by atoms with E-state index in [1.54, 1.807) is 18.5 Å². The number of hydrogen-bond acceptors (Lipinski definition) is 5. The highest BCUT2D eigenvalue weighted by Crippen LogP contribution is 2.30. The maximum absolute atomic E-state index is 12.9. The van der Waals surface area contributed by atoms with Gasteiger partial charge in [0.05, 0.1) is 17.9 Å². The minimum atomic E-state index is -4.34. The number of hydrogen-bond donors (Lipinski definition) is 1. The van der Waals surface area contributed by atoms with Crippen molar-refractivity contribution in [3.63, 3.8) is 0 Å². The maximum Gasteiger partial charge on any atom is 0.416 e. The maximum atomic E-state index is 12.9. The molecule has 8 heteroatoms. The third kappa shape index (κ3) is 5.44. The van der Waals surface area contributed by atoms with Crippen LogP contribution in [-0.4, -0.2) is 41.6 Å². The van der Waals surface area contributed by atoms with Crippen molar-refractivity contribution in [1.29, 1.82) is 0 Å². The predicted octanol–water partition coefficient (Wildman–Crippen LogP) is 4.70. The summed E-state index contributed by atoms with van der Waals surface area (Å²) in [5.74, 6) is 0.868. The molecule has 1 atom stereocenters. The molecule has 3 aromatic rings. The molecule has 0 aliphatic carbocycles. The molecule has 3 heterocycles. The van der Waals surface area contributed by atoms with Crippen LogP contribution >= 0.6 is 0 Å². The number of ether oxygens (including phenoxy) is 1. The zero-order chi connectivity index (χ0) is 22.6. The second-order valence-electron chi connectivity index (χ2n) is 7.82. The molecular formula is C24H25F3N4O. The second kappa shape index (κ2) is 9.67. The van der Waals surface area contributed by atoms with Gasteiger partial charge in [0, 0.05) is 44.6 Å². The van der Waals surface area contributed by atoms with Gasteiger partial charge in [-0.2, -0.15) is 13.2 Å². The van der Waals surface area contributed by atoms with Crippen LogP contribution < -0.4 is 5.32 Å². The first-order valence-electron chi connectivity index (χ1n) is 10.5. The van der Waals surface area contributed by atoms with E-state index in [0.717, 1.165) is 41.8 Å². The van der Waals surface area contributed by atoms with Crippen molar-refractivity contribution in [3.05, 3.63) is 88.9 Å². The summed E-state index contributed by atoms with van der Waals surface area (Å²) in [4.78, 5) is 11.2. The third-order valence-electron chi connectivity index (χ3n) is 5.51. The summed E-state index contributed by atoms with van der Waals surface area (Å²) < 4.78 is 44.8. The molecule has 4 rings (SSSR count). The normalized spacial score (nSPS) is 17.3. The number of aromatic nitrogens is 2. The van der Waals surface area contributed by atoms with Crippen molar-refractivity contribution < 1.29 is 17.9 Å². The van der Waals surface area contributed by atoms with Crippen LogP contribution in [0.15, 0.2) is 60.9 Å². The van der Waals surface area contributed by atoms with Crippen molar-refractivity contribution >= 4 is 5.82 Å². The lowest BCUT2D eigenvalue weighted by molar-refractivity contribution is -0.137. The zero-order valence-electron chi connectivity index (χ0n) is 17.8. The van der Waals surface area contributed by atoms with Gasteiger partial charge in [-0.05, 0) is 35.7 Å². The van der Waals surface area contributed by atoms with Crippen LogP contribution in [0.5, 0.6) is 0 Å². The van der Waals surface area contributed by atoms with Crippen LogP contribution in [0.1, 0.15) is 34.1 Å². The molecule has 1 aliphatic heterocycles. The first-order valence-corrected chi connectivity index (χ1v) is 10.5. The Kier molecular flexibility index (Phi) is 6.72. The Balaban J connectivity index is 1.40. The van der Waals surface area contributed by atoms with Gasteiger partial charge in [-0.1, -0.05) is 30.3 Å². The number of alkyl halides is 3. The lowest BCUT2D eigenvalue weighted by Gasteiger charge is -2.33. The fraction of sp³-hybridized carbons (Fsp3) is 0.333. The number of rotatable bonds is 6. The van der Waals surface area contributed by atoms with Gasteiger partial charge in [-0.25, -0.2) is 4.98 Å². The molecule has 0 radical (unpaired) electrons. The second-order valence-corrected chi connectivity index (χ2v) is 7.82. The van der Waals surface area contributed by atoms with Crippen molar-refractivity contribution in [2.24, 2.45) is 0 Å². The van der Waals surface area contributed by atoms with Gasteiger partial charge >= 0.3 is 6.18 Å². The Hall–Kier alpha value is -2.97. The van der Waals surface area contributed by atoms with E-state index in [9.17, 15) is 13.2 Å². The van der Waals surface area contributed by atoms with Gasteiger partial charge in [0.1, 0.15) is 11.9 Å². The van der Waals surface area contributed by atoms with E-state index in [4.69, 9.17) is 4.74 Å². The number of nitrogens with zero attached hydrogens (tertiary/aromatic N) is 3. The van der Waals surface area contributed by atoms with Crippen LogP contribution in [0.3, 0.4) is 0 Å². The molecule has 5 nitrogen and oxygen atoms in total. The van der Waals surface area contributed by atoms with Gasteiger partial charge in [0.2, 0.25) is 0 Å². The van der Waals surface area contributed by atoms with Crippen LogP contribution in [0.4, 0.5) is 19.0 Å². The van der Waals surface area contributed by atoms with Crippen LogP contribution in [-0.2, 0) is 23.9 Å². The number of benzene rings is 1. The smallest absolute Gasteiger partial charge is 0.373 e. The summed E-state index contributed by atoms with van der Waals surface area (Å²) in [7, 11) is 1.86. The zero-order valence-corrected chi connectivity index (χ0v) is 17.8. The molecule has 0 amide bonds. The topological polar surface area (TPSA) is 50.3 Å². The van der Waals surface area contributed by atoms with E-state index < -0.39 is 11.7 Å². The van der Waals surface area contributed by atoms with Gasteiger partial charge in [-0.15, -0.1) is 0 Å². The highest BCUT2D eigenvalue weighted by molar-refractivity contribution is 5.42. The van der Waals surface area contributed by atoms with Gasteiger partial charge in [0.25, 0.3) is 0 Å². The largest absolute Gasteiger partial charge is 0.416 e. The fourth-order valence-corrected chi connectivity index (χ4v) is 3.88. The molecule has 2 aromatic heterocycles. The predicted molar refractivity (Wildman–Crippen MR) is 116 cm³/mol. The average molecular weight is 442 g/mol. The van der Waals surface area contributed by atoms with Crippen LogP contribution in [0.25, 0.3) is 0 Å². The van der Waals surface area contributed by atoms with E-state index in [0.29, 0.717) is 25.1 Å². The standard InChI is InChI=1S/C24H25F3N4O/c1-28-23-19(5-3-9-29-23)15-31-10-11-32-22(16-31)21-8-7-18(14-30-21)12-17-4-2-6-20(13-17)24(25,26)27/h2-9,13-14,22H,10-12,15-16H2,1H3,(H,28,29)/t22-/m0/s1. The Morgan fingerprint density at radius 1 is 1.09 bits per heavy atom. The number of nitrogens with one attached hydrogen (secondary N) is 1. The first kappa shape index (κ1) is 22.2. The molecule has 1 aromatic carbocycles. The van der Waals surface area contributed by atoms with Crippen molar-refractivity contribution in [1.82, 2.24) is 14.9 Å². The summed E-state index contributed by atoms with van der Waals surface area (Å²) in [6, 6.07) is 13.2. The summed E-state index contributed by atoms with van der Waals surface area (Å²) in [6.07, 6.45) is -0.615. The van der Waals surface area contributed by atoms with Gasteiger partial charge in [0.15, 0.2) is 0 Å². The summed E-state index contributed by atoms with van der Waals surface area (Å²) in [6.45, 7) is 2.89. The van der Waals surface area contributed by atoms with E-state index in [1.165, 1.54) is 12.1 Å². The van der Waals surface area contributed by atoms with Crippen molar-refractivity contribution in [3.8, 4) is 0 Å². The molecule has 0 saturated carbocycles. The highest BCUT2D eigenvalue weighted by atomic mass is 19.4. The Morgan fingerprint density at radius 2 is 1.97 bits per heavy atom. The Morgan fingerprint density at radius 3 is 2.72 bits per heavy atom. The average Bonchev–Trinajstić information content (AvgIpc) is 2.80. The van der Waals surface area contributed by atoms with E-state index >= 15 is 0 Å². The van der Waals surface area contributed by atoms with Gasteiger partial charge in [-0.3, -0.25) is 9.88 Å². The number of pyridine rings is 2. The number of halogens is 3. The molecule has 0 bridgehead atoms. The molecular weight excluding hydrogens is 417 g/mol. The SMILES string of the molecule is CNc1ncccc1CN1CCO[C@H](c2ccc(Cc3cccc(C(F)(F)F)c3)cn2)C1. The van der Waals surface area contributed by atoms with E-state index in [2.05, 4.69) is 26.3 Å². The minimum Gasteiger partial charge on any atom is -0.373 e. The molecule has 1 N–H and O–H groups in total. The number of anilines is 1. The highest BCUT2D eigenvalue weighted by Gasteiger charge is 2.30. The third-order valence-corrected chi connectivity index (χ3v) is 5.51. The summed E-state index contributed by atoms with van der Waals surface area (Å²) in [5, 5.41) is 3.12. The molecule has 0 unspecified atom stereocenters. The Bertz CT molecular complexity index is 1040. The quantitative estimate of drug-likeness (QED) is 0.600. The van der Waals surface area contributed by atoms with Gasteiger partial charge < -0.3 is 10.1 Å². The molecule has 1 aliphatic rings. The van der Waals surface area contributed by atoms with Crippen molar-refractivity contribution in [2.45, 2.75) is 25.2 Å². The molecule has 0 spiro atoms. The minimum absolute atomic E-state index is 0.152. The molecule has 168 valence electrons. The monoisotopic (exact) mass is 442 g/mol. The summed E-state index contributed by atoms with van der Waals surface area (Å²) >= 11 is 0. The van der Waals surface area contributed by atoms with Crippen LogP contribution in [0, 0.1) is 0 Å². The number of morpholine rings is 1. The lowest BCUT2D eigenvalue weighted by Crippen LogP contribution is -2.38. The van der Waals surface area contributed by atoms with E-state index in [-0.39, 0.29) is 6.10 Å². The molecule has 32 heavy (non-hydrogen) atoms. The fourth-order valence-electron chi connectivity index (χ4n) is 3.88. The molecule has 1 fully saturated rings. The molecule has 1 saturated heterocycles. The van der Waals surface area contributed by atoms with E-state index in [1.807, 2.05) is 25.2 Å². The summed E-state index contributed by atoms with van der Waals surface area (Å²) in [5.41, 5.74) is 2.77. The Labute approximate surface area is 185 Å². The van der Waals surface area contributed by atoms with Crippen LogP contribution in [0.2, 0.25) is 0 Å².